The fraction of sp³-hybridized carbons (Fsp3) is 1.00. The molecule has 0 aromatic heterocycles. The quantitative estimate of drug-likeness (QED) is 0.0952. The van der Waals surface area contributed by atoms with E-state index in [1.54, 1.807) is 0 Å². The van der Waals surface area contributed by atoms with Gasteiger partial charge in [-0.25, -0.2) is 0 Å². The monoisotopic (exact) mass is 488 g/mol. The van der Waals surface area contributed by atoms with Gasteiger partial charge in [-0.15, -0.1) is 0 Å². The van der Waals surface area contributed by atoms with E-state index in [2.05, 4.69) is 40.8 Å². The molecule has 5 heteroatoms. The second-order valence-corrected chi connectivity index (χ2v) is 15.9. The van der Waals surface area contributed by atoms with Gasteiger partial charge in [-0.05, 0) is 24.6 Å². The molecule has 0 aliphatic rings. The molecule has 0 aromatic rings. The van der Waals surface area contributed by atoms with Gasteiger partial charge in [-0.2, -0.15) is 0 Å². The number of unbranched alkanes of at least 4 members (excludes halogenated alkanes) is 13. The lowest BCUT2D eigenvalue weighted by atomic mass is 10.0. The minimum atomic E-state index is -1.65. The summed E-state index contributed by atoms with van der Waals surface area (Å²) in [6.45, 7) is 18.4. The second kappa shape index (κ2) is 22.5. The lowest BCUT2D eigenvalue weighted by molar-refractivity contribution is 0.00800. The first-order valence-corrected chi connectivity index (χ1v) is 17.1. The predicted molar refractivity (Wildman–Crippen MR) is 146 cm³/mol. The van der Waals surface area contributed by atoms with Crippen LogP contribution in [0.5, 0.6) is 0 Å². The average molecular weight is 489 g/mol. The molecule has 0 aliphatic heterocycles. The third-order valence-electron chi connectivity index (χ3n) is 6.88. The van der Waals surface area contributed by atoms with Crippen LogP contribution < -0.4 is 0 Å². The molecule has 0 fully saturated rings. The van der Waals surface area contributed by atoms with Crippen LogP contribution >= 0.6 is 0 Å². The standard InChI is InChI=1S/C28H60O4Si/c1-7-8-9-10-11-12-13-14-15-16-17-18-19-20-21-29-22-23-30-24-25-31-26-27-32-33(5,6)28(2,3)4/h7-27H2,1-6H3. The first-order valence-electron chi connectivity index (χ1n) is 14.2. The maximum absolute atomic E-state index is 6.09. The maximum Gasteiger partial charge on any atom is 0.192 e. The van der Waals surface area contributed by atoms with Crippen molar-refractivity contribution >= 4 is 8.32 Å². The molecule has 0 saturated heterocycles. The lowest BCUT2D eigenvalue weighted by Crippen LogP contribution is -2.41. The Bertz CT molecular complexity index is 396. The summed E-state index contributed by atoms with van der Waals surface area (Å²) in [7, 11) is -1.65. The van der Waals surface area contributed by atoms with Crippen LogP contribution in [0.2, 0.25) is 18.1 Å². The van der Waals surface area contributed by atoms with Gasteiger partial charge in [0.05, 0.1) is 39.6 Å². The van der Waals surface area contributed by atoms with E-state index in [0.717, 1.165) is 6.61 Å². The Kier molecular flexibility index (Phi) is 22.6. The van der Waals surface area contributed by atoms with Crippen molar-refractivity contribution < 1.29 is 18.6 Å². The van der Waals surface area contributed by atoms with Crippen LogP contribution in [0.1, 0.15) is 118 Å². The van der Waals surface area contributed by atoms with Crippen LogP contribution in [-0.2, 0) is 18.6 Å². The number of rotatable bonds is 25. The van der Waals surface area contributed by atoms with Crippen LogP contribution in [0, 0.1) is 0 Å². The van der Waals surface area contributed by atoms with Gasteiger partial charge in [0.2, 0.25) is 0 Å². The van der Waals surface area contributed by atoms with Crippen molar-refractivity contribution in [3.63, 3.8) is 0 Å². The number of hydrogen-bond donors (Lipinski definition) is 0. The molecule has 0 N–H and O–H groups in total. The van der Waals surface area contributed by atoms with Gasteiger partial charge in [0.25, 0.3) is 0 Å². The summed E-state index contributed by atoms with van der Waals surface area (Å²) in [5, 5.41) is 0.253. The summed E-state index contributed by atoms with van der Waals surface area (Å²) < 4.78 is 23.0. The minimum absolute atomic E-state index is 0.253. The molecule has 4 nitrogen and oxygen atoms in total. The van der Waals surface area contributed by atoms with Gasteiger partial charge < -0.3 is 18.6 Å². The zero-order chi connectivity index (χ0) is 24.7. The Morgan fingerprint density at radius 1 is 0.455 bits per heavy atom. The lowest BCUT2D eigenvalue weighted by Gasteiger charge is -2.36. The van der Waals surface area contributed by atoms with Gasteiger partial charge >= 0.3 is 0 Å². The topological polar surface area (TPSA) is 36.9 Å². The van der Waals surface area contributed by atoms with Crippen LogP contribution in [-0.4, -0.2) is 54.6 Å². The zero-order valence-electron chi connectivity index (χ0n) is 23.5. The van der Waals surface area contributed by atoms with E-state index in [9.17, 15) is 0 Å². The van der Waals surface area contributed by atoms with Gasteiger partial charge in [0, 0.05) is 6.61 Å². The van der Waals surface area contributed by atoms with E-state index in [1.165, 1.54) is 89.9 Å². The van der Waals surface area contributed by atoms with Crippen molar-refractivity contribution in [3.8, 4) is 0 Å². The first kappa shape index (κ1) is 33.1. The highest BCUT2D eigenvalue weighted by molar-refractivity contribution is 6.74. The van der Waals surface area contributed by atoms with E-state index >= 15 is 0 Å². The predicted octanol–water partition coefficient (Wildman–Crippen LogP) is 8.54. The van der Waals surface area contributed by atoms with Crippen molar-refractivity contribution in [1.29, 1.82) is 0 Å². The minimum Gasteiger partial charge on any atom is -0.414 e. The van der Waals surface area contributed by atoms with E-state index in [4.69, 9.17) is 18.6 Å². The van der Waals surface area contributed by atoms with E-state index in [-0.39, 0.29) is 5.04 Å². The van der Waals surface area contributed by atoms with Crippen LogP contribution in [0.4, 0.5) is 0 Å². The molecule has 0 radical (unpaired) electrons. The molecule has 33 heavy (non-hydrogen) atoms. The third-order valence-corrected chi connectivity index (χ3v) is 11.4. The summed E-state index contributed by atoms with van der Waals surface area (Å²) >= 11 is 0. The normalized spacial score (nSPS) is 12.5. The SMILES string of the molecule is CCCCCCCCCCCCCCCCOCCOCCOCCO[Si](C)(C)C(C)(C)C. The van der Waals surface area contributed by atoms with Crippen LogP contribution in [0.3, 0.4) is 0 Å². The summed E-state index contributed by atoms with van der Waals surface area (Å²) in [6.07, 6.45) is 19.5. The zero-order valence-corrected chi connectivity index (χ0v) is 24.5. The molecule has 0 amide bonds. The van der Waals surface area contributed by atoms with Crippen molar-refractivity contribution in [2.75, 3.05) is 46.2 Å². The van der Waals surface area contributed by atoms with Crippen LogP contribution in [0.25, 0.3) is 0 Å². The molecule has 0 saturated carbocycles. The Morgan fingerprint density at radius 3 is 1.18 bits per heavy atom. The molecule has 200 valence electrons. The molecule has 0 atom stereocenters. The van der Waals surface area contributed by atoms with E-state index in [0.29, 0.717) is 39.6 Å². The van der Waals surface area contributed by atoms with Gasteiger partial charge in [0.15, 0.2) is 8.32 Å². The molecular formula is C28H60O4Si. The number of hydrogen-bond acceptors (Lipinski definition) is 4. The molecular weight excluding hydrogens is 428 g/mol. The van der Waals surface area contributed by atoms with Crippen molar-refractivity contribution in [3.05, 3.63) is 0 Å². The highest BCUT2D eigenvalue weighted by atomic mass is 28.4. The third kappa shape index (κ3) is 22.3. The second-order valence-electron chi connectivity index (χ2n) is 11.0. The molecule has 0 aliphatic carbocycles. The molecule has 0 spiro atoms. The largest absolute Gasteiger partial charge is 0.414 e. The average Bonchev–Trinajstić information content (AvgIpc) is 2.76. The fourth-order valence-corrected chi connectivity index (χ4v) is 4.54. The molecule has 0 rings (SSSR count). The Labute approximate surface area is 209 Å². The number of ether oxygens (including phenoxy) is 3. The van der Waals surface area contributed by atoms with Crippen molar-refractivity contribution in [1.82, 2.24) is 0 Å². The van der Waals surface area contributed by atoms with Crippen molar-refractivity contribution in [2.45, 2.75) is 136 Å². The Balaban J connectivity index is 3.15. The summed E-state index contributed by atoms with van der Waals surface area (Å²) in [4.78, 5) is 0. The van der Waals surface area contributed by atoms with Gasteiger partial charge in [-0.3, -0.25) is 0 Å². The van der Waals surface area contributed by atoms with Gasteiger partial charge in [-0.1, -0.05) is 111 Å². The fourth-order valence-electron chi connectivity index (χ4n) is 3.51. The van der Waals surface area contributed by atoms with Crippen LogP contribution in [0.15, 0.2) is 0 Å². The van der Waals surface area contributed by atoms with Crippen molar-refractivity contribution in [2.24, 2.45) is 0 Å². The van der Waals surface area contributed by atoms with E-state index in [1.807, 2.05) is 0 Å². The highest BCUT2D eigenvalue weighted by Gasteiger charge is 2.36. The molecule has 0 heterocycles. The summed E-state index contributed by atoms with van der Waals surface area (Å²) in [6, 6.07) is 0. The molecule has 0 unspecified atom stereocenters. The highest BCUT2D eigenvalue weighted by Crippen LogP contribution is 2.36. The Morgan fingerprint density at radius 2 is 0.788 bits per heavy atom. The summed E-state index contributed by atoms with van der Waals surface area (Å²) in [5.41, 5.74) is 0. The maximum atomic E-state index is 6.09. The van der Waals surface area contributed by atoms with Gasteiger partial charge in [0.1, 0.15) is 0 Å². The Hall–Kier alpha value is 0.0569. The van der Waals surface area contributed by atoms with E-state index < -0.39 is 8.32 Å². The first-order chi connectivity index (χ1) is 15.8. The smallest absolute Gasteiger partial charge is 0.192 e. The molecule has 0 bridgehead atoms. The summed E-state index contributed by atoms with van der Waals surface area (Å²) in [5.74, 6) is 0. The molecule has 0 aromatic carbocycles.